The summed E-state index contributed by atoms with van der Waals surface area (Å²) in [5.41, 5.74) is 1.67. The zero-order valence-electron chi connectivity index (χ0n) is 14.0. The molecule has 2 aromatic carbocycles. The molecule has 27 heavy (non-hydrogen) atoms. The molecule has 0 saturated carbocycles. The third-order valence-electron chi connectivity index (χ3n) is 3.99. The van der Waals surface area contributed by atoms with Crippen LogP contribution in [0.2, 0.25) is 0 Å². The summed E-state index contributed by atoms with van der Waals surface area (Å²) in [5, 5.41) is 7.21. The van der Waals surface area contributed by atoms with Crippen LogP contribution in [-0.2, 0) is 4.74 Å². The Morgan fingerprint density at radius 3 is 2.56 bits per heavy atom. The van der Waals surface area contributed by atoms with Gasteiger partial charge in [0, 0.05) is 10.0 Å². The van der Waals surface area contributed by atoms with Gasteiger partial charge in [0.15, 0.2) is 0 Å². The topological polar surface area (TPSA) is 68.5 Å². The number of anilines is 1. The molecule has 0 aliphatic carbocycles. The van der Waals surface area contributed by atoms with E-state index in [1.807, 2.05) is 0 Å². The van der Waals surface area contributed by atoms with Crippen LogP contribution in [0.5, 0.6) is 0 Å². The first-order valence-corrected chi connectivity index (χ1v) is 8.99. The minimum atomic E-state index is -0.352. The first-order chi connectivity index (χ1) is 13.1. The lowest BCUT2D eigenvalue weighted by atomic mass is 10.2. The first-order valence-electron chi connectivity index (χ1n) is 8.20. The summed E-state index contributed by atoms with van der Waals surface area (Å²) >= 11 is 3.35. The average molecular weight is 429 g/mol. The molecule has 4 rings (SSSR count). The van der Waals surface area contributed by atoms with Gasteiger partial charge in [0.2, 0.25) is 5.90 Å². The lowest BCUT2D eigenvalue weighted by Gasteiger charge is -2.11. The Morgan fingerprint density at radius 2 is 1.89 bits per heavy atom. The van der Waals surface area contributed by atoms with E-state index in [9.17, 15) is 9.18 Å². The number of rotatable bonds is 4. The van der Waals surface area contributed by atoms with Crippen LogP contribution in [0.3, 0.4) is 0 Å². The molecule has 1 N–H and O–H groups in total. The summed E-state index contributed by atoms with van der Waals surface area (Å²) in [7, 11) is 0. The molecule has 1 aliphatic heterocycles. The van der Waals surface area contributed by atoms with E-state index in [4.69, 9.17) is 4.74 Å². The Kier molecular flexibility index (Phi) is 4.72. The van der Waals surface area contributed by atoms with Crippen molar-refractivity contribution in [3.63, 3.8) is 0 Å². The van der Waals surface area contributed by atoms with E-state index in [0.29, 0.717) is 41.7 Å². The van der Waals surface area contributed by atoms with E-state index >= 15 is 0 Å². The molecule has 0 saturated heterocycles. The SMILES string of the molecule is O=C(Nc1c(C2=NCCO2)cnn1-c1ccc(F)cc1)c1ccc(Br)cc1. The van der Waals surface area contributed by atoms with Crippen molar-refractivity contribution in [1.82, 2.24) is 9.78 Å². The van der Waals surface area contributed by atoms with Crippen molar-refractivity contribution in [2.75, 3.05) is 18.5 Å². The van der Waals surface area contributed by atoms with Gasteiger partial charge in [-0.3, -0.25) is 4.79 Å². The molecule has 0 bridgehead atoms. The summed E-state index contributed by atoms with van der Waals surface area (Å²) in [6.07, 6.45) is 1.57. The van der Waals surface area contributed by atoms with Gasteiger partial charge in [0.25, 0.3) is 5.91 Å². The Hall–Kier alpha value is -3.00. The lowest BCUT2D eigenvalue weighted by Crippen LogP contribution is -2.17. The monoisotopic (exact) mass is 428 g/mol. The molecular weight excluding hydrogens is 415 g/mol. The Balaban J connectivity index is 1.74. The second kappa shape index (κ2) is 7.32. The van der Waals surface area contributed by atoms with Crippen LogP contribution in [0.15, 0.2) is 64.2 Å². The molecule has 0 unspecified atom stereocenters. The number of halogens is 2. The molecule has 0 atom stereocenters. The maximum Gasteiger partial charge on any atom is 0.256 e. The van der Waals surface area contributed by atoms with Crippen LogP contribution in [0.4, 0.5) is 10.2 Å². The van der Waals surface area contributed by atoms with E-state index in [2.05, 4.69) is 31.3 Å². The van der Waals surface area contributed by atoms with Crippen LogP contribution < -0.4 is 5.32 Å². The predicted octanol–water partition coefficient (Wildman–Crippen LogP) is 3.80. The highest BCUT2D eigenvalue weighted by Crippen LogP contribution is 2.24. The molecule has 1 aromatic heterocycles. The number of carbonyl (C=O) groups excluding carboxylic acids is 1. The van der Waals surface area contributed by atoms with E-state index < -0.39 is 0 Å². The smallest absolute Gasteiger partial charge is 0.256 e. The van der Waals surface area contributed by atoms with Gasteiger partial charge < -0.3 is 10.1 Å². The van der Waals surface area contributed by atoms with Crippen LogP contribution in [0.25, 0.3) is 5.69 Å². The van der Waals surface area contributed by atoms with Crippen LogP contribution in [0.1, 0.15) is 15.9 Å². The van der Waals surface area contributed by atoms with Crippen molar-refractivity contribution in [2.24, 2.45) is 4.99 Å². The van der Waals surface area contributed by atoms with Gasteiger partial charge in [0.1, 0.15) is 18.2 Å². The van der Waals surface area contributed by atoms with Crippen molar-refractivity contribution in [1.29, 1.82) is 0 Å². The normalized spacial score (nSPS) is 13.2. The Morgan fingerprint density at radius 1 is 1.15 bits per heavy atom. The van der Waals surface area contributed by atoms with Crippen molar-refractivity contribution in [3.8, 4) is 5.69 Å². The minimum absolute atomic E-state index is 0.300. The zero-order chi connectivity index (χ0) is 18.8. The fourth-order valence-electron chi connectivity index (χ4n) is 2.68. The average Bonchev–Trinajstić information content (AvgIpc) is 3.33. The minimum Gasteiger partial charge on any atom is -0.475 e. The highest BCUT2D eigenvalue weighted by Gasteiger charge is 2.22. The van der Waals surface area contributed by atoms with Crippen molar-refractivity contribution < 1.29 is 13.9 Å². The van der Waals surface area contributed by atoms with Gasteiger partial charge in [-0.15, -0.1) is 0 Å². The quantitative estimate of drug-likeness (QED) is 0.686. The molecule has 1 amide bonds. The molecule has 136 valence electrons. The van der Waals surface area contributed by atoms with E-state index in [1.165, 1.54) is 16.8 Å². The zero-order valence-corrected chi connectivity index (χ0v) is 15.6. The largest absolute Gasteiger partial charge is 0.475 e. The molecule has 3 aromatic rings. The second-order valence-electron chi connectivity index (χ2n) is 5.79. The van der Waals surface area contributed by atoms with Crippen molar-refractivity contribution >= 4 is 33.6 Å². The van der Waals surface area contributed by atoms with Crippen LogP contribution in [-0.4, -0.2) is 34.7 Å². The van der Waals surface area contributed by atoms with E-state index in [1.54, 1.807) is 42.6 Å². The molecule has 0 spiro atoms. The molecule has 1 aliphatic rings. The molecule has 8 heteroatoms. The number of nitrogens with zero attached hydrogens (tertiary/aromatic N) is 3. The maximum absolute atomic E-state index is 13.3. The van der Waals surface area contributed by atoms with E-state index in [0.717, 1.165) is 4.47 Å². The fourth-order valence-corrected chi connectivity index (χ4v) is 2.95. The van der Waals surface area contributed by atoms with Gasteiger partial charge in [-0.1, -0.05) is 15.9 Å². The number of hydrogen-bond acceptors (Lipinski definition) is 4. The fraction of sp³-hybridized carbons (Fsp3) is 0.105. The Labute approximate surface area is 162 Å². The summed E-state index contributed by atoms with van der Waals surface area (Å²) in [6.45, 7) is 1.04. The van der Waals surface area contributed by atoms with Crippen molar-refractivity contribution in [3.05, 3.63) is 76.1 Å². The molecule has 0 fully saturated rings. The van der Waals surface area contributed by atoms with Gasteiger partial charge >= 0.3 is 0 Å². The number of benzene rings is 2. The number of carbonyl (C=O) groups is 1. The van der Waals surface area contributed by atoms with Crippen LogP contribution >= 0.6 is 15.9 Å². The molecular formula is C19H14BrFN4O2. The number of aromatic nitrogens is 2. The summed E-state index contributed by atoms with van der Waals surface area (Å²) in [6, 6.07) is 12.8. The third-order valence-corrected chi connectivity index (χ3v) is 4.52. The summed E-state index contributed by atoms with van der Waals surface area (Å²) < 4.78 is 21.2. The second-order valence-corrected chi connectivity index (χ2v) is 6.71. The van der Waals surface area contributed by atoms with E-state index in [-0.39, 0.29) is 11.7 Å². The van der Waals surface area contributed by atoms with Gasteiger partial charge in [-0.25, -0.2) is 14.1 Å². The standard InChI is InChI=1S/C19H14BrFN4O2/c20-13-3-1-12(2-4-13)18(26)24-17-16(19-22-9-10-27-19)11-23-25(17)15-7-5-14(21)6-8-15/h1-8,11H,9-10H2,(H,24,26). The van der Waals surface area contributed by atoms with Crippen LogP contribution in [0, 0.1) is 5.82 Å². The highest BCUT2D eigenvalue weighted by molar-refractivity contribution is 9.10. The first kappa shape index (κ1) is 17.4. The highest BCUT2D eigenvalue weighted by atomic mass is 79.9. The molecule has 6 nitrogen and oxygen atoms in total. The number of hydrogen-bond donors (Lipinski definition) is 1. The van der Waals surface area contributed by atoms with Gasteiger partial charge in [0.05, 0.1) is 24.0 Å². The van der Waals surface area contributed by atoms with Crippen molar-refractivity contribution in [2.45, 2.75) is 0 Å². The molecule has 2 heterocycles. The van der Waals surface area contributed by atoms with Gasteiger partial charge in [-0.2, -0.15) is 5.10 Å². The Bertz CT molecular complexity index is 1010. The molecule has 0 radical (unpaired) electrons. The predicted molar refractivity (Wildman–Crippen MR) is 103 cm³/mol. The summed E-state index contributed by atoms with van der Waals surface area (Å²) in [4.78, 5) is 17.0. The third kappa shape index (κ3) is 3.61. The number of amides is 1. The van der Waals surface area contributed by atoms with Gasteiger partial charge in [-0.05, 0) is 48.5 Å². The maximum atomic E-state index is 13.3. The lowest BCUT2D eigenvalue weighted by molar-refractivity contribution is 0.102. The number of nitrogens with one attached hydrogen (secondary N) is 1. The number of aliphatic imine (C=N–C) groups is 1. The number of ether oxygens (including phenoxy) is 1. The summed E-state index contributed by atoms with van der Waals surface area (Å²) in [5.74, 6) is 0.186.